The predicted octanol–water partition coefficient (Wildman–Crippen LogP) is 1.89. The third-order valence-electron chi connectivity index (χ3n) is 3.80. The number of amides is 2. The van der Waals surface area contributed by atoms with Crippen molar-refractivity contribution in [2.24, 2.45) is 5.92 Å². The molecule has 0 radical (unpaired) electrons. The second-order valence-corrected chi connectivity index (χ2v) is 5.12. The summed E-state index contributed by atoms with van der Waals surface area (Å²) in [4.78, 5) is 18.0. The highest BCUT2D eigenvalue weighted by Gasteiger charge is 2.22. The standard InChI is InChI=1S/C14H24N4O/c1-3-13-16-7-10-18(13)11-12-5-8-17(9-6-12)14(19)15-4-2/h7,10,12H,3-6,8-9,11H2,1-2H3,(H,15,19). The molecule has 1 aromatic rings. The number of carbonyl (C=O) groups excluding carboxylic acids is 1. The van der Waals surface area contributed by atoms with Gasteiger partial charge in [-0.25, -0.2) is 9.78 Å². The first-order chi connectivity index (χ1) is 9.24. The summed E-state index contributed by atoms with van der Waals surface area (Å²) in [6, 6.07) is 0.0813. The molecular weight excluding hydrogens is 240 g/mol. The van der Waals surface area contributed by atoms with E-state index >= 15 is 0 Å². The van der Waals surface area contributed by atoms with E-state index in [0.29, 0.717) is 12.5 Å². The summed E-state index contributed by atoms with van der Waals surface area (Å²) in [6.07, 6.45) is 7.08. The molecule has 1 aromatic heterocycles. The van der Waals surface area contributed by atoms with Crippen LogP contribution in [0.25, 0.3) is 0 Å². The average Bonchev–Trinajstić information content (AvgIpc) is 2.87. The smallest absolute Gasteiger partial charge is 0.317 e. The Morgan fingerprint density at radius 1 is 1.42 bits per heavy atom. The molecule has 1 saturated heterocycles. The highest BCUT2D eigenvalue weighted by Crippen LogP contribution is 2.19. The second-order valence-electron chi connectivity index (χ2n) is 5.12. The van der Waals surface area contributed by atoms with E-state index < -0.39 is 0 Å². The van der Waals surface area contributed by atoms with Gasteiger partial charge in [-0.15, -0.1) is 0 Å². The number of piperidine rings is 1. The van der Waals surface area contributed by atoms with Gasteiger partial charge in [-0.05, 0) is 25.7 Å². The Kier molecular flexibility index (Phi) is 4.82. The molecule has 1 fully saturated rings. The van der Waals surface area contributed by atoms with Crippen LogP contribution in [0.1, 0.15) is 32.5 Å². The van der Waals surface area contributed by atoms with Gasteiger partial charge in [-0.1, -0.05) is 6.92 Å². The lowest BCUT2D eigenvalue weighted by Gasteiger charge is -2.32. The van der Waals surface area contributed by atoms with Gasteiger partial charge in [-0.3, -0.25) is 0 Å². The van der Waals surface area contributed by atoms with Gasteiger partial charge in [0.25, 0.3) is 0 Å². The molecule has 5 heteroatoms. The second kappa shape index (κ2) is 6.59. The lowest BCUT2D eigenvalue weighted by molar-refractivity contribution is 0.165. The number of likely N-dealkylation sites (tertiary alicyclic amines) is 1. The number of aryl methyl sites for hydroxylation is 1. The molecule has 106 valence electrons. The van der Waals surface area contributed by atoms with Gasteiger partial charge in [0.1, 0.15) is 5.82 Å². The number of hydrogen-bond donors (Lipinski definition) is 1. The molecule has 0 aromatic carbocycles. The fourth-order valence-electron chi connectivity index (χ4n) is 2.68. The zero-order chi connectivity index (χ0) is 13.7. The molecular formula is C14H24N4O. The van der Waals surface area contributed by atoms with Crippen molar-refractivity contribution in [1.29, 1.82) is 0 Å². The van der Waals surface area contributed by atoms with Gasteiger partial charge < -0.3 is 14.8 Å². The highest BCUT2D eigenvalue weighted by atomic mass is 16.2. The van der Waals surface area contributed by atoms with E-state index in [9.17, 15) is 4.79 Å². The summed E-state index contributed by atoms with van der Waals surface area (Å²) in [6.45, 7) is 7.56. The van der Waals surface area contributed by atoms with Crippen LogP contribution < -0.4 is 5.32 Å². The fraction of sp³-hybridized carbons (Fsp3) is 0.714. The van der Waals surface area contributed by atoms with Gasteiger partial charge in [0.05, 0.1) is 0 Å². The Bertz CT molecular complexity index is 407. The lowest BCUT2D eigenvalue weighted by atomic mass is 9.97. The third-order valence-corrected chi connectivity index (χ3v) is 3.80. The molecule has 1 aliphatic rings. The summed E-state index contributed by atoms with van der Waals surface area (Å²) < 4.78 is 2.26. The lowest BCUT2D eigenvalue weighted by Crippen LogP contribution is -2.44. The van der Waals surface area contributed by atoms with E-state index in [-0.39, 0.29) is 6.03 Å². The van der Waals surface area contributed by atoms with Crippen LogP contribution >= 0.6 is 0 Å². The number of hydrogen-bond acceptors (Lipinski definition) is 2. The molecule has 1 N–H and O–H groups in total. The summed E-state index contributed by atoms with van der Waals surface area (Å²) in [5, 5.41) is 2.87. The van der Waals surface area contributed by atoms with Crippen molar-refractivity contribution in [1.82, 2.24) is 19.8 Å². The van der Waals surface area contributed by atoms with Crippen molar-refractivity contribution in [2.45, 2.75) is 39.7 Å². The molecule has 0 atom stereocenters. The van der Waals surface area contributed by atoms with Crippen LogP contribution in [-0.2, 0) is 13.0 Å². The number of imidazole rings is 1. The van der Waals surface area contributed by atoms with E-state index in [1.54, 1.807) is 0 Å². The van der Waals surface area contributed by atoms with Crippen LogP contribution in [-0.4, -0.2) is 40.1 Å². The Hall–Kier alpha value is -1.52. The maximum atomic E-state index is 11.7. The third kappa shape index (κ3) is 3.49. The Labute approximate surface area is 115 Å². The summed E-state index contributed by atoms with van der Waals surface area (Å²) >= 11 is 0. The van der Waals surface area contributed by atoms with E-state index in [1.165, 1.54) is 0 Å². The minimum absolute atomic E-state index is 0.0813. The highest BCUT2D eigenvalue weighted by molar-refractivity contribution is 5.74. The Balaban J connectivity index is 1.82. The van der Waals surface area contributed by atoms with Crippen molar-refractivity contribution >= 4 is 6.03 Å². The summed E-state index contributed by atoms with van der Waals surface area (Å²) in [5.41, 5.74) is 0. The van der Waals surface area contributed by atoms with E-state index in [2.05, 4.69) is 28.0 Å². The van der Waals surface area contributed by atoms with Crippen molar-refractivity contribution in [2.75, 3.05) is 19.6 Å². The number of nitrogens with zero attached hydrogens (tertiary/aromatic N) is 3. The number of carbonyl (C=O) groups is 1. The monoisotopic (exact) mass is 264 g/mol. The van der Waals surface area contributed by atoms with Crippen LogP contribution in [0.2, 0.25) is 0 Å². The molecule has 5 nitrogen and oxygen atoms in total. The molecule has 0 spiro atoms. The molecule has 2 rings (SSSR count). The van der Waals surface area contributed by atoms with E-state index in [0.717, 1.165) is 44.7 Å². The van der Waals surface area contributed by atoms with Crippen molar-refractivity contribution in [3.05, 3.63) is 18.2 Å². The minimum atomic E-state index is 0.0813. The molecule has 0 saturated carbocycles. The van der Waals surface area contributed by atoms with Crippen LogP contribution in [0, 0.1) is 5.92 Å². The summed E-state index contributed by atoms with van der Waals surface area (Å²) in [7, 11) is 0. The molecule has 1 aliphatic heterocycles. The van der Waals surface area contributed by atoms with Crippen LogP contribution in [0.4, 0.5) is 4.79 Å². The maximum absolute atomic E-state index is 11.7. The first-order valence-electron chi connectivity index (χ1n) is 7.27. The number of nitrogens with one attached hydrogen (secondary N) is 1. The number of aromatic nitrogens is 2. The summed E-state index contributed by atoms with van der Waals surface area (Å²) in [5.74, 6) is 1.82. The Morgan fingerprint density at radius 2 is 2.16 bits per heavy atom. The van der Waals surface area contributed by atoms with Gasteiger partial charge in [0.15, 0.2) is 0 Å². The minimum Gasteiger partial charge on any atom is -0.338 e. The van der Waals surface area contributed by atoms with Crippen LogP contribution in [0.3, 0.4) is 0 Å². The normalized spacial score (nSPS) is 16.6. The van der Waals surface area contributed by atoms with Crippen LogP contribution in [0.15, 0.2) is 12.4 Å². The largest absolute Gasteiger partial charge is 0.338 e. The molecule has 0 bridgehead atoms. The molecule has 2 heterocycles. The Morgan fingerprint density at radius 3 is 2.79 bits per heavy atom. The molecule has 19 heavy (non-hydrogen) atoms. The van der Waals surface area contributed by atoms with Gasteiger partial charge in [0.2, 0.25) is 0 Å². The van der Waals surface area contributed by atoms with Gasteiger partial charge >= 0.3 is 6.03 Å². The van der Waals surface area contributed by atoms with Gasteiger partial charge in [-0.2, -0.15) is 0 Å². The van der Waals surface area contributed by atoms with Crippen molar-refractivity contribution in [3.8, 4) is 0 Å². The van der Waals surface area contributed by atoms with E-state index in [4.69, 9.17) is 0 Å². The zero-order valence-corrected chi connectivity index (χ0v) is 11.9. The first kappa shape index (κ1) is 13.9. The molecule has 2 amide bonds. The van der Waals surface area contributed by atoms with E-state index in [1.807, 2.05) is 18.0 Å². The topological polar surface area (TPSA) is 50.2 Å². The van der Waals surface area contributed by atoms with Crippen molar-refractivity contribution < 1.29 is 4.79 Å². The zero-order valence-electron chi connectivity index (χ0n) is 11.9. The van der Waals surface area contributed by atoms with Crippen molar-refractivity contribution in [3.63, 3.8) is 0 Å². The first-order valence-corrected chi connectivity index (χ1v) is 7.27. The molecule has 0 unspecified atom stereocenters. The fourth-order valence-corrected chi connectivity index (χ4v) is 2.68. The SMILES string of the molecule is CCNC(=O)N1CCC(Cn2ccnc2CC)CC1. The predicted molar refractivity (Wildman–Crippen MR) is 75.0 cm³/mol. The average molecular weight is 264 g/mol. The maximum Gasteiger partial charge on any atom is 0.317 e. The quantitative estimate of drug-likeness (QED) is 0.903. The van der Waals surface area contributed by atoms with Gasteiger partial charge in [0, 0.05) is 45.0 Å². The van der Waals surface area contributed by atoms with Crippen LogP contribution in [0.5, 0.6) is 0 Å². The molecule has 0 aliphatic carbocycles. The number of rotatable bonds is 4. The number of urea groups is 1.